The SMILES string of the molecule is Oc1c2cc(COCc3ccccc3)cc1Cc1cc(COCc3ccccc3)cc(c1O)Cc1cc(COCc3ccccc3)cc(c1O)Cc1cc(COCc3ccccc3)cc(c1O)C2. The van der Waals surface area contributed by atoms with Gasteiger partial charge in [-0.2, -0.15) is 0 Å². The standard InChI is InChI=1S/C60H56O8/c61-57-49-21-45(37-65-33-41-13-5-1-6-14-41)22-50(57)30-52-24-47(39-67-35-43-17-9-3-10-18-43)26-54(59(52)63)32-56-28-48(40-68-36-44-19-11-4-12-20-44)27-55(60(56)64)31-53-25-46(23-51(29-49)58(53)62)38-66-34-42-15-7-2-8-16-42/h1-28,61-64H,29-40H2. The Bertz CT molecular complexity index is 2440. The third-order valence-corrected chi connectivity index (χ3v) is 12.4. The van der Waals surface area contributed by atoms with Gasteiger partial charge in [-0.05, 0) is 138 Å². The highest BCUT2D eigenvalue weighted by Gasteiger charge is 2.22. The molecule has 0 heterocycles. The van der Waals surface area contributed by atoms with Crippen molar-refractivity contribution in [2.75, 3.05) is 0 Å². The summed E-state index contributed by atoms with van der Waals surface area (Å²) in [4.78, 5) is 0. The summed E-state index contributed by atoms with van der Waals surface area (Å²) in [5, 5.41) is 48.9. The lowest BCUT2D eigenvalue weighted by molar-refractivity contribution is 0.107. The van der Waals surface area contributed by atoms with Gasteiger partial charge in [0.05, 0.1) is 52.9 Å². The van der Waals surface area contributed by atoms with E-state index in [4.69, 9.17) is 18.9 Å². The van der Waals surface area contributed by atoms with Crippen LogP contribution in [0.25, 0.3) is 0 Å². The Hall–Kier alpha value is -7.20. The summed E-state index contributed by atoms with van der Waals surface area (Å²) >= 11 is 0. The van der Waals surface area contributed by atoms with E-state index in [0.717, 1.165) is 44.5 Å². The van der Waals surface area contributed by atoms with Gasteiger partial charge < -0.3 is 39.4 Å². The lowest BCUT2D eigenvalue weighted by atomic mass is 9.88. The fourth-order valence-corrected chi connectivity index (χ4v) is 9.00. The first-order chi connectivity index (χ1) is 33.3. The summed E-state index contributed by atoms with van der Waals surface area (Å²) in [6, 6.07) is 55.4. The molecule has 0 unspecified atom stereocenters. The number of hydrogen-bond donors (Lipinski definition) is 4. The van der Waals surface area contributed by atoms with E-state index in [1.807, 2.05) is 170 Å². The highest BCUT2D eigenvalue weighted by Crippen LogP contribution is 2.40. The number of benzene rings is 8. The van der Waals surface area contributed by atoms with Gasteiger partial charge in [-0.3, -0.25) is 0 Å². The second-order valence-corrected chi connectivity index (χ2v) is 17.7. The lowest BCUT2D eigenvalue weighted by Gasteiger charge is -2.20. The van der Waals surface area contributed by atoms with Crippen molar-refractivity contribution in [1.29, 1.82) is 0 Å². The molecule has 1 aliphatic rings. The van der Waals surface area contributed by atoms with Gasteiger partial charge in [0.2, 0.25) is 0 Å². The highest BCUT2D eigenvalue weighted by atomic mass is 16.5. The number of hydrogen-bond acceptors (Lipinski definition) is 8. The van der Waals surface area contributed by atoms with Gasteiger partial charge in [0.15, 0.2) is 0 Å². The molecular weight excluding hydrogens is 849 g/mol. The molecule has 0 saturated carbocycles. The average Bonchev–Trinajstić information content (AvgIpc) is 3.35. The summed E-state index contributed by atoms with van der Waals surface area (Å²) in [7, 11) is 0. The summed E-state index contributed by atoms with van der Waals surface area (Å²) in [5.41, 5.74) is 12.3. The first-order valence-corrected chi connectivity index (χ1v) is 23.1. The van der Waals surface area contributed by atoms with E-state index in [1.165, 1.54) is 0 Å². The molecule has 8 bridgehead atoms. The molecule has 8 aromatic rings. The first kappa shape index (κ1) is 45.9. The molecule has 0 aliphatic heterocycles. The number of fused-ring (bicyclic) bond motifs is 8. The molecule has 68 heavy (non-hydrogen) atoms. The molecule has 9 rings (SSSR count). The number of rotatable bonds is 16. The number of phenolic OH excluding ortho intramolecular Hbond substituents is 4. The Morgan fingerprint density at radius 1 is 0.235 bits per heavy atom. The van der Waals surface area contributed by atoms with E-state index < -0.39 is 0 Å². The van der Waals surface area contributed by atoms with Gasteiger partial charge in [-0.15, -0.1) is 0 Å². The molecule has 1 aliphatic carbocycles. The average molecular weight is 905 g/mol. The van der Waals surface area contributed by atoms with Crippen molar-refractivity contribution < 1.29 is 39.4 Å². The highest BCUT2D eigenvalue weighted by molar-refractivity contribution is 5.57. The predicted octanol–water partition coefficient (Wildman–Crippen LogP) is 12.1. The maximum Gasteiger partial charge on any atom is 0.122 e. The van der Waals surface area contributed by atoms with Crippen LogP contribution in [0.15, 0.2) is 170 Å². The van der Waals surface area contributed by atoms with Gasteiger partial charge in [-0.25, -0.2) is 0 Å². The van der Waals surface area contributed by atoms with Crippen LogP contribution in [0.1, 0.15) is 89.0 Å². The smallest absolute Gasteiger partial charge is 0.122 e. The van der Waals surface area contributed by atoms with E-state index in [2.05, 4.69) is 0 Å². The fraction of sp³-hybridized carbons (Fsp3) is 0.200. The second-order valence-electron chi connectivity index (χ2n) is 17.7. The normalized spacial score (nSPS) is 12.2. The number of aromatic hydroxyl groups is 4. The summed E-state index contributed by atoms with van der Waals surface area (Å²) < 4.78 is 25.0. The van der Waals surface area contributed by atoms with Gasteiger partial charge in [0.1, 0.15) is 23.0 Å². The monoisotopic (exact) mass is 904 g/mol. The molecule has 8 nitrogen and oxygen atoms in total. The van der Waals surface area contributed by atoms with Crippen molar-refractivity contribution >= 4 is 0 Å². The van der Waals surface area contributed by atoms with Crippen molar-refractivity contribution in [3.63, 3.8) is 0 Å². The zero-order valence-electron chi connectivity index (χ0n) is 38.1. The Morgan fingerprint density at radius 3 is 0.574 bits per heavy atom. The largest absolute Gasteiger partial charge is 0.507 e. The van der Waals surface area contributed by atoms with Crippen LogP contribution in [-0.4, -0.2) is 20.4 Å². The molecule has 8 aromatic carbocycles. The minimum absolute atomic E-state index is 0.0743. The fourth-order valence-electron chi connectivity index (χ4n) is 9.00. The topological polar surface area (TPSA) is 118 Å². The molecular formula is C60H56O8. The molecule has 0 radical (unpaired) electrons. The Kier molecular flexibility index (Phi) is 14.9. The van der Waals surface area contributed by atoms with Crippen LogP contribution < -0.4 is 0 Å². The molecule has 0 atom stereocenters. The lowest BCUT2D eigenvalue weighted by Crippen LogP contribution is -2.06. The van der Waals surface area contributed by atoms with Crippen molar-refractivity contribution in [1.82, 2.24) is 0 Å². The Morgan fingerprint density at radius 2 is 0.397 bits per heavy atom. The van der Waals surface area contributed by atoms with E-state index in [-0.39, 0.29) is 75.1 Å². The second kappa shape index (κ2) is 22.1. The van der Waals surface area contributed by atoms with Gasteiger partial charge in [0, 0.05) is 25.7 Å². The summed E-state index contributed by atoms with van der Waals surface area (Å²) in [6.07, 6.45) is 0.746. The molecule has 344 valence electrons. The van der Waals surface area contributed by atoms with E-state index in [9.17, 15) is 20.4 Å². The van der Waals surface area contributed by atoms with Gasteiger partial charge in [-0.1, -0.05) is 121 Å². The minimum Gasteiger partial charge on any atom is -0.507 e. The third kappa shape index (κ3) is 11.8. The van der Waals surface area contributed by atoms with Crippen LogP contribution in [-0.2, 0) is 97.5 Å². The zero-order valence-corrected chi connectivity index (χ0v) is 38.1. The van der Waals surface area contributed by atoms with Crippen LogP contribution in [0, 0.1) is 0 Å². The number of phenols is 4. The molecule has 4 N–H and O–H groups in total. The Balaban J connectivity index is 1.13. The van der Waals surface area contributed by atoms with Crippen LogP contribution in [0.2, 0.25) is 0 Å². The Labute approximate surface area is 398 Å². The molecule has 0 fully saturated rings. The third-order valence-electron chi connectivity index (χ3n) is 12.4. The van der Waals surface area contributed by atoms with Crippen molar-refractivity contribution in [2.45, 2.75) is 78.5 Å². The van der Waals surface area contributed by atoms with E-state index in [0.29, 0.717) is 70.9 Å². The number of ether oxygens (including phenoxy) is 4. The first-order valence-electron chi connectivity index (χ1n) is 23.1. The van der Waals surface area contributed by atoms with Gasteiger partial charge in [0.25, 0.3) is 0 Å². The van der Waals surface area contributed by atoms with E-state index in [1.54, 1.807) is 0 Å². The molecule has 0 aromatic heterocycles. The van der Waals surface area contributed by atoms with E-state index >= 15 is 0 Å². The quantitative estimate of drug-likeness (QED) is 0.0757. The van der Waals surface area contributed by atoms with Crippen LogP contribution in [0.5, 0.6) is 23.0 Å². The molecule has 0 saturated heterocycles. The molecule has 0 amide bonds. The summed E-state index contributed by atoms with van der Waals surface area (Å²) in [6.45, 7) is 2.72. The molecule has 8 heteroatoms. The van der Waals surface area contributed by atoms with Gasteiger partial charge >= 0.3 is 0 Å². The van der Waals surface area contributed by atoms with Crippen molar-refractivity contribution in [2.24, 2.45) is 0 Å². The van der Waals surface area contributed by atoms with Crippen LogP contribution in [0.3, 0.4) is 0 Å². The summed E-state index contributed by atoms with van der Waals surface area (Å²) in [5.74, 6) is 0.297. The van der Waals surface area contributed by atoms with Crippen molar-refractivity contribution in [3.05, 3.63) is 259 Å². The van der Waals surface area contributed by atoms with Crippen molar-refractivity contribution in [3.8, 4) is 23.0 Å². The van der Waals surface area contributed by atoms with Crippen LogP contribution in [0.4, 0.5) is 0 Å². The predicted molar refractivity (Wildman–Crippen MR) is 263 cm³/mol. The minimum atomic E-state index is 0.0743. The van der Waals surface area contributed by atoms with Crippen LogP contribution >= 0.6 is 0 Å². The maximum atomic E-state index is 12.2. The maximum absolute atomic E-state index is 12.2. The zero-order chi connectivity index (χ0) is 46.7. The molecule has 0 spiro atoms.